The van der Waals surface area contributed by atoms with E-state index < -0.39 is 0 Å². The van der Waals surface area contributed by atoms with Gasteiger partial charge in [0.25, 0.3) is 5.91 Å². The maximum atomic E-state index is 12.9. The first-order chi connectivity index (χ1) is 15.0. The average molecular weight is 423 g/mol. The summed E-state index contributed by atoms with van der Waals surface area (Å²) >= 11 is 0. The zero-order chi connectivity index (χ0) is 21.8. The molecule has 2 aromatic rings. The number of nitrogens with zero attached hydrogens (tertiary/aromatic N) is 1. The molecule has 31 heavy (non-hydrogen) atoms. The second kappa shape index (κ2) is 9.20. The zero-order valence-corrected chi connectivity index (χ0v) is 17.5. The normalized spacial score (nSPS) is 16.0. The summed E-state index contributed by atoms with van der Waals surface area (Å²) in [4.78, 5) is 38.4. The van der Waals surface area contributed by atoms with Crippen molar-refractivity contribution in [1.29, 1.82) is 0 Å². The molecule has 0 atom stereocenters. The van der Waals surface area contributed by atoms with E-state index in [0.717, 1.165) is 0 Å². The first-order valence-corrected chi connectivity index (χ1v) is 10.5. The number of ether oxygens (including phenoxy) is 3. The summed E-state index contributed by atoms with van der Waals surface area (Å²) in [6.45, 7) is 3.47. The molecule has 1 amide bonds. The monoisotopic (exact) mass is 423 g/mol. The van der Waals surface area contributed by atoms with Gasteiger partial charge in [-0.3, -0.25) is 14.4 Å². The Balaban J connectivity index is 1.27. The molecule has 4 rings (SSSR count). The lowest BCUT2D eigenvalue weighted by Gasteiger charge is -2.31. The van der Waals surface area contributed by atoms with Crippen LogP contribution in [0.2, 0.25) is 0 Å². The number of ketones is 2. The van der Waals surface area contributed by atoms with Crippen LogP contribution < -0.4 is 14.2 Å². The topological polar surface area (TPSA) is 82.1 Å². The molecule has 0 bridgehead atoms. The Labute approximate surface area is 180 Å². The number of benzene rings is 2. The number of fused-ring (bicyclic) bond motifs is 1. The maximum Gasteiger partial charge on any atom is 0.260 e. The Hall–Kier alpha value is -3.35. The lowest BCUT2D eigenvalue weighted by Crippen LogP contribution is -2.42. The summed E-state index contributed by atoms with van der Waals surface area (Å²) < 4.78 is 16.6. The molecule has 0 saturated carbocycles. The van der Waals surface area contributed by atoms with Gasteiger partial charge in [0, 0.05) is 30.1 Å². The third-order valence-electron chi connectivity index (χ3n) is 5.67. The van der Waals surface area contributed by atoms with Crippen LogP contribution in [-0.4, -0.2) is 55.3 Å². The summed E-state index contributed by atoms with van der Waals surface area (Å²) in [5.74, 6) is 1.65. The number of likely N-dealkylation sites (tertiary alicyclic amines) is 1. The maximum absolute atomic E-state index is 12.9. The minimum atomic E-state index is -0.119. The van der Waals surface area contributed by atoms with Crippen molar-refractivity contribution in [2.45, 2.75) is 19.8 Å². The second-order valence-electron chi connectivity index (χ2n) is 7.75. The number of carbonyl (C=O) groups excluding carboxylic acids is 3. The van der Waals surface area contributed by atoms with Gasteiger partial charge >= 0.3 is 0 Å². The van der Waals surface area contributed by atoms with Crippen molar-refractivity contribution in [3.63, 3.8) is 0 Å². The quantitative estimate of drug-likeness (QED) is 0.664. The standard InChI is InChI=1S/C24H25NO6/c1-16(26)17-2-5-20(6-3-17)31-15-23(27)25-10-8-18(9-11-25)24(28)19-4-7-21-22(14-19)30-13-12-29-21/h2-7,14,18H,8-13,15H2,1H3. The van der Waals surface area contributed by atoms with Crippen LogP contribution in [0.5, 0.6) is 17.2 Å². The van der Waals surface area contributed by atoms with Crippen LogP contribution in [0.15, 0.2) is 42.5 Å². The highest BCUT2D eigenvalue weighted by atomic mass is 16.6. The van der Waals surface area contributed by atoms with Crippen molar-refractivity contribution in [2.24, 2.45) is 5.92 Å². The van der Waals surface area contributed by atoms with E-state index in [0.29, 0.717) is 67.5 Å². The van der Waals surface area contributed by atoms with Crippen LogP contribution in [0.4, 0.5) is 0 Å². The van der Waals surface area contributed by atoms with Crippen molar-refractivity contribution in [2.75, 3.05) is 32.9 Å². The van der Waals surface area contributed by atoms with Crippen LogP contribution >= 0.6 is 0 Å². The molecular formula is C24H25NO6. The Morgan fingerprint density at radius 1 is 0.935 bits per heavy atom. The van der Waals surface area contributed by atoms with Crippen LogP contribution in [0, 0.1) is 5.92 Å². The molecule has 0 aliphatic carbocycles. The fourth-order valence-electron chi connectivity index (χ4n) is 3.85. The van der Waals surface area contributed by atoms with Crippen molar-refractivity contribution in [3.8, 4) is 17.2 Å². The summed E-state index contributed by atoms with van der Waals surface area (Å²) in [6, 6.07) is 12.0. The second-order valence-corrected chi connectivity index (χ2v) is 7.75. The third-order valence-corrected chi connectivity index (χ3v) is 5.67. The molecule has 7 heteroatoms. The SMILES string of the molecule is CC(=O)c1ccc(OCC(=O)N2CCC(C(=O)c3ccc4c(c3)OCCO4)CC2)cc1. The largest absolute Gasteiger partial charge is 0.486 e. The molecule has 2 aromatic carbocycles. The molecular weight excluding hydrogens is 398 g/mol. The Bertz CT molecular complexity index is 976. The van der Waals surface area contributed by atoms with Gasteiger partial charge in [0.2, 0.25) is 0 Å². The van der Waals surface area contributed by atoms with Gasteiger partial charge in [-0.05, 0) is 62.2 Å². The Morgan fingerprint density at radius 2 is 1.58 bits per heavy atom. The predicted octanol–water partition coefficient (Wildman–Crippen LogP) is 3.16. The van der Waals surface area contributed by atoms with Gasteiger partial charge < -0.3 is 19.1 Å². The average Bonchev–Trinajstić information content (AvgIpc) is 2.82. The number of hydrogen-bond acceptors (Lipinski definition) is 6. The first-order valence-electron chi connectivity index (χ1n) is 10.5. The number of carbonyl (C=O) groups is 3. The lowest BCUT2D eigenvalue weighted by atomic mass is 9.88. The zero-order valence-electron chi connectivity index (χ0n) is 17.5. The Kier molecular flexibility index (Phi) is 6.21. The fourth-order valence-corrected chi connectivity index (χ4v) is 3.85. The highest BCUT2D eigenvalue weighted by molar-refractivity contribution is 5.98. The van der Waals surface area contributed by atoms with E-state index >= 15 is 0 Å². The molecule has 1 fully saturated rings. The van der Waals surface area contributed by atoms with Crippen molar-refractivity contribution in [3.05, 3.63) is 53.6 Å². The summed E-state index contributed by atoms with van der Waals surface area (Å²) in [5.41, 5.74) is 1.22. The molecule has 2 aliphatic rings. The van der Waals surface area contributed by atoms with E-state index in [2.05, 4.69) is 0 Å². The highest BCUT2D eigenvalue weighted by Gasteiger charge is 2.29. The molecule has 1 saturated heterocycles. The van der Waals surface area contributed by atoms with Gasteiger partial charge in [-0.2, -0.15) is 0 Å². The summed E-state index contributed by atoms with van der Waals surface area (Å²) in [6.07, 6.45) is 1.23. The number of rotatable bonds is 6. The molecule has 0 radical (unpaired) electrons. The van der Waals surface area contributed by atoms with Crippen LogP contribution in [0.25, 0.3) is 0 Å². The van der Waals surface area contributed by atoms with E-state index in [4.69, 9.17) is 14.2 Å². The van der Waals surface area contributed by atoms with Gasteiger partial charge in [0.15, 0.2) is 29.7 Å². The van der Waals surface area contributed by atoms with Gasteiger partial charge in [-0.15, -0.1) is 0 Å². The summed E-state index contributed by atoms with van der Waals surface area (Å²) in [7, 11) is 0. The molecule has 0 spiro atoms. The van der Waals surface area contributed by atoms with Crippen molar-refractivity contribution in [1.82, 2.24) is 4.90 Å². The predicted molar refractivity (Wildman–Crippen MR) is 113 cm³/mol. The first kappa shape index (κ1) is 20.9. The lowest BCUT2D eigenvalue weighted by molar-refractivity contribution is -0.134. The number of Topliss-reactive ketones (excluding diaryl/α,β-unsaturated/α-hetero) is 2. The van der Waals surface area contributed by atoms with E-state index in [9.17, 15) is 14.4 Å². The number of hydrogen-bond donors (Lipinski definition) is 0. The molecule has 0 unspecified atom stereocenters. The Morgan fingerprint density at radius 3 is 2.26 bits per heavy atom. The minimum absolute atomic E-state index is 0.0173. The van der Waals surface area contributed by atoms with Crippen molar-refractivity contribution >= 4 is 17.5 Å². The van der Waals surface area contributed by atoms with Gasteiger partial charge in [-0.25, -0.2) is 0 Å². The van der Waals surface area contributed by atoms with Gasteiger partial charge in [0.05, 0.1) is 0 Å². The smallest absolute Gasteiger partial charge is 0.260 e. The van der Waals surface area contributed by atoms with Crippen LogP contribution in [0.3, 0.4) is 0 Å². The molecule has 0 N–H and O–H groups in total. The van der Waals surface area contributed by atoms with E-state index in [1.54, 1.807) is 47.4 Å². The van der Waals surface area contributed by atoms with E-state index in [-0.39, 0.29) is 30.0 Å². The van der Waals surface area contributed by atoms with Crippen LogP contribution in [-0.2, 0) is 4.79 Å². The molecule has 2 aliphatic heterocycles. The van der Waals surface area contributed by atoms with E-state index in [1.807, 2.05) is 0 Å². The fraction of sp³-hybridized carbons (Fsp3) is 0.375. The number of amides is 1. The number of piperidine rings is 1. The molecule has 7 nitrogen and oxygen atoms in total. The molecule has 2 heterocycles. The molecule has 162 valence electrons. The van der Waals surface area contributed by atoms with Crippen molar-refractivity contribution < 1.29 is 28.6 Å². The molecule has 0 aromatic heterocycles. The van der Waals surface area contributed by atoms with Crippen LogP contribution in [0.1, 0.15) is 40.5 Å². The summed E-state index contributed by atoms with van der Waals surface area (Å²) in [5, 5.41) is 0. The van der Waals surface area contributed by atoms with Gasteiger partial charge in [-0.1, -0.05) is 0 Å². The van der Waals surface area contributed by atoms with Gasteiger partial charge in [0.1, 0.15) is 19.0 Å². The van der Waals surface area contributed by atoms with E-state index in [1.165, 1.54) is 6.92 Å². The third kappa shape index (κ3) is 4.87. The highest BCUT2D eigenvalue weighted by Crippen LogP contribution is 2.32. The minimum Gasteiger partial charge on any atom is -0.486 e.